The number of hydrogen-bond acceptors (Lipinski definition) is 3. The molecule has 1 saturated heterocycles. The van der Waals surface area contributed by atoms with Gasteiger partial charge < -0.3 is 4.90 Å². The van der Waals surface area contributed by atoms with E-state index in [4.69, 9.17) is 11.6 Å². The molecule has 1 aliphatic heterocycles. The van der Waals surface area contributed by atoms with Crippen LogP contribution in [0.3, 0.4) is 0 Å². The van der Waals surface area contributed by atoms with Crippen LogP contribution in [0.15, 0.2) is 12.4 Å². The van der Waals surface area contributed by atoms with Crippen molar-refractivity contribution in [3.63, 3.8) is 0 Å². The number of aromatic nitrogens is 4. The van der Waals surface area contributed by atoms with Gasteiger partial charge in [0.15, 0.2) is 0 Å². The molecule has 0 aliphatic carbocycles. The lowest BCUT2D eigenvalue weighted by Gasteiger charge is -2.25. The molecule has 0 bridgehead atoms. The highest BCUT2D eigenvalue weighted by atomic mass is 35.5. The first-order valence-corrected chi connectivity index (χ1v) is 8.31. The van der Waals surface area contributed by atoms with Crippen molar-refractivity contribution in [2.24, 2.45) is 0 Å². The molecule has 0 aromatic carbocycles. The maximum absolute atomic E-state index is 12.7. The third-order valence-corrected chi connectivity index (χ3v) is 4.98. The van der Waals surface area contributed by atoms with E-state index < -0.39 is 0 Å². The Morgan fingerprint density at radius 2 is 2.17 bits per heavy atom. The van der Waals surface area contributed by atoms with Crippen molar-refractivity contribution in [2.75, 3.05) is 6.54 Å². The Labute approximate surface area is 141 Å². The number of likely N-dealkylation sites (tertiary alicyclic amines) is 1. The molecule has 0 saturated carbocycles. The fourth-order valence-electron chi connectivity index (χ4n) is 3.18. The third-order valence-electron chi connectivity index (χ3n) is 4.44. The van der Waals surface area contributed by atoms with Gasteiger partial charge in [-0.15, -0.1) is 0 Å². The molecule has 7 heteroatoms. The summed E-state index contributed by atoms with van der Waals surface area (Å²) in [6.07, 6.45) is 5.91. The van der Waals surface area contributed by atoms with Crippen LogP contribution in [0.2, 0.25) is 5.02 Å². The lowest BCUT2D eigenvalue weighted by Crippen LogP contribution is -2.40. The first-order chi connectivity index (χ1) is 11.0. The van der Waals surface area contributed by atoms with Crippen LogP contribution in [0.1, 0.15) is 29.8 Å². The van der Waals surface area contributed by atoms with Gasteiger partial charge in [0.25, 0.3) is 0 Å². The molecule has 1 atom stereocenters. The van der Waals surface area contributed by atoms with E-state index in [0.717, 1.165) is 42.9 Å². The van der Waals surface area contributed by atoms with Crippen molar-refractivity contribution < 1.29 is 4.79 Å². The van der Waals surface area contributed by atoms with E-state index in [1.54, 1.807) is 4.68 Å². The van der Waals surface area contributed by atoms with Crippen LogP contribution in [0, 0.1) is 20.8 Å². The summed E-state index contributed by atoms with van der Waals surface area (Å²) in [5, 5.41) is 9.32. The molecule has 0 unspecified atom stereocenters. The van der Waals surface area contributed by atoms with Crippen LogP contribution >= 0.6 is 11.6 Å². The molecule has 1 fully saturated rings. The number of aryl methyl sites for hydroxylation is 2. The second-order valence-corrected chi connectivity index (χ2v) is 6.64. The van der Waals surface area contributed by atoms with Crippen LogP contribution in [0.5, 0.6) is 0 Å². The average Bonchev–Trinajstić information content (AvgIpc) is 3.18. The molecular weight excluding hydrogens is 314 g/mol. The fourth-order valence-corrected chi connectivity index (χ4v) is 3.32. The summed E-state index contributed by atoms with van der Waals surface area (Å²) < 4.78 is 3.62. The molecule has 6 nitrogen and oxygen atoms in total. The molecule has 0 spiro atoms. The Balaban J connectivity index is 1.69. The zero-order valence-corrected chi connectivity index (χ0v) is 14.5. The molecule has 1 aliphatic rings. The highest BCUT2D eigenvalue weighted by Gasteiger charge is 2.29. The van der Waals surface area contributed by atoms with Gasteiger partial charge in [-0.3, -0.25) is 14.2 Å². The predicted molar refractivity (Wildman–Crippen MR) is 88.4 cm³/mol. The largest absolute Gasteiger partial charge is 0.336 e. The maximum Gasteiger partial charge on any atom is 0.244 e. The number of amides is 1. The summed E-state index contributed by atoms with van der Waals surface area (Å²) in [7, 11) is 0. The minimum absolute atomic E-state index is 0.0960. The number of rotatable bonds is 4. The third kappa shape index (κ3) is 3.27. The second kappa shape index (κ2) is 6.35. The Morgan fingerprint density at radius 1 is 1.39 bits per heavy atom. The predicted octanol–water partition coefficient (Wildman–Crippen LogP) is 2.35. The van der Waals surface area contributed by atoms with Crippen LogP contribution < -0.4 is 0 Å². The van der Waals surface area contributed by atoms with Crippen molar-refractivity contribution in [3.8, 4) is 0 Å². The Hall–Kier alpha value is -1.82. The first kappa shape index (κ1) is 16.1. The molecule has 2 aromatic heterocycles. The fraction of sp³-hybridized carbons (Fsp3) is 0.562. The molecule has 3 heterocycles. The van der Waals surface area contributed by atoms with Gasteiger partial charge in [-0.25, -0.2) is 0 Å². The molecular formula is C16H22ClN5O. The standard InChI is InChI=1S/C16H22ClN5O/c1-11-7-18-20(8-11)9-14-5-4-6-21(14)15(23)10-22-13(3)16(17)12(2)19-22/h7-8,14H,4-6,9-10H2,1-3H3/t14-/m1/s1. The minimum Gasteiger partial charge on any atom is -0.336 e. The van der Waals surface area contributed by atoms with Gasteiger partial charge in [-0.1, -0.05) is 11.6 Å². The molecule has 0 N–H and O–H groups in total. The SMILES string of the molecule is Cc1cnn(C[C@H]2CCCN2C(=O)Cn2nc(C)c(Cl)c2C)c1. The second-order valence-electron chi connectivity index (χ2n) is 6.27. The highest BCUT2D eigenvalue weighted by Crippen LogP contribution is 2.22. The van der Waals surface area contributed by atoms with E-state index in [1.165, 1.54) is 0 Å². The van der Waals surface area contributed by atoms with Crippen LogP contribution in [0.4, 0.5) is 0 Å². The highest BCUT2D eigenvalue weighted by molar-refractivity contribution is 6.31. The van der Waals surface area contributed by atoms with Gasteiger partial charge in [0.2, 0.25) is 5.91 Å². The van der Waals surface area contributed by atoms with E-state index in [1.807, 2.05) is 42.7 Å². The van der Waals surface area contributed by atoms with E-state index in [9.17, 15) is 4.79 Å². The Kier molecular flexibility index (Phi) is 4.43. The molecule has 124 valence electrons. The number of carbonyl (C=O) groups excluding carboxylic acids is 1. The summed E-state index contributed by atoms with van der Waals surface area (Å²) >= 11 is 6.16. The molecule has 0 radical (unpaired) electrons. The Morgan fingerprint density at radius 3 is 2.78 bits per heavy atom. The summed E-state index contributed by atoms with van der Waals surface area (Å²) in [6, 6.07) is 0.203. The normalized spacial score (nSPS) is 17.9. The lowest BCUT2D eigenvalue weighted by atomic mass is 10.2. The quantitative estimate of drug-likeness (QED) is 0.861. The van der Waals surface area contributed by atoms with Crippen molar-refractivity contribution in [3.05, 3.63) is 34.4 Å². The van der Waals surface area contributed by atoms with Gasteiger partial charge >= 0.3 is 0 Å². The number of carbonyl (C=O) groups is 1. The van der Waals surface area contributed by atoms with Gasteiger partial charge in [0, 0.05) is 12.7 Å². The summed E-state index contributed by atoms with van der Waals surface area (Å²) in [4.78, 5) is 14.6. The van der Waals surface area contributed by atoms with Crippen molar-refractivity contribution >= 4 is 17.5 Å². The summed E-state index contributed by atoms with van der Waals surface area (Å²) in [5.74, 6) is 0.0960. The van der Waals surface area contributed by atoms with E-state index in [-0.39, 0.29) is 18.5 Å². The molecule has 1 amide bonds. The average molecular weight is 336 g/mol. The minimum atomic E-state index is 0.0960. The van der Waals surface area contributed by atoms with Crippen molar-refractivity contribution in [2.45, 2.75) is 52.7 Å². The van der Waals surface area contributed by atoms with Crippen LogP contribution in [-0.2, 0) is 17.9 Å². The van der Waals surface area contributed by atoms with Gasteiger partial charge in [-0.05, 0) is 39.2 Å². The first-order valence-electron chi connectivity index (χ1n) is 7.93. The van der Waals surface area contributed by atoms with E-state index >= 15 is 0 Å². The lowest BCUT2D eigenvalue weighted by molar-refractivity contribution is -0.133. The van der Waals surface area contributed by atoms with Gasteiger partial charge in [-0.2, -0.15) is 10.2 Å². The van der Waals surface area contributed by atoms with E-state index in [0.29, 0.717) is 5.02 Å². The Bertz CT molecular complexity index is 720. The summed E-state index contributed by atoms with van der Waals surface area (Å²) in [5.41, 5.74) is 2.75. The number of nitrogens with zero attached hydrogens (tertiary/aromatic N) is 5. The zero-order valence-electron chi connectivity index (χ0n) is 13.8. The molecule has 2 aromatic rings. The van der Waals surface area contributed by atoms with Gasteiger partial charge in [0.05, 0.1) is 35.2 Å². The monoisotopic (exact) mass is 335 g/mol. The van der Waals surface area contributed by atoms with Crippen molar-refractivity contribution in [1.82, 2.24) is 24.5 Å². The zero-order chi connectivity index (χ0) is 16.6. The number of hydrogen-bond donors (Lipinski definition) is 0. The smallest absolute Gasteiger partial charge is 0.244 e. The van der Waals surface area contributed by atoms with Crippen LogP contribution in [-0.4, -0.2) is 43.0 Å². The molecule has 3 rings (SSSR count). The van der Waals surface area contributed by atoms with Crippen LogP contribution in [0.25, 0.3) is 0 Å². The van der Waals surface area contributed by atoms with E-state index in [2.05, 4.69) is 10.2 Å². The van der Waals surface area contributed by atoms with Crippen molar-refractivity contribution in [1.29, 1.82) is 0 Å². The topological polar surface area (TPSA) is 56.0 Å². The van der Waals surface area contributed by atoms with Gasteiger partial charge in [0.1, 0.15) is 6.54 Å². The maximum atomic E-state index is 12.7. The summed E-state index contributed by atoms with van der Waals surface area (Å²) in [6.45, 7) is 7.56. The molecule has 23 heavy (non-hydrogen) atoms. The number of halogens is 1.